The molecule has 2 atom stereocenters. The van der Waals surface area contributed by atoms with Gasteiger partial charge in [0.2, 0.25) is 0 Å². The van der Waals surface area contributed by atoms with Gasteiger partial charge in [-0.25, -0.2) is 0 Å². The van der Waals surface area contributed by atoms with Gasteiger partial charge in [0.1, 0.15) is 0 Å². The molecule has 1 rings (SSSR count). The van der Waals surface area contributed by atoms with Crippen molar-refractivity contribution in [3.63, 3.8) is 0 Å². The summed E-state index contributed by atoms with van der Waals surface area (Å²) in [6.07, 6.45) is 2.78. The summed E-state index contributed by atoms with van der Waals surface area (Å²) < 4.78 is 5.75. The number of morpholine rings is 1. The van der Waals surface area contributed by atoms with Crippen LogP contribution >= 0.6 is 0 Å². The van der Waals surface area contributed by atoms with E-state index in [0.717, 1.165) is 39.2 Å². The van der Waals surface area contributed by atoms with Gasteiger partial charge in [-0.15, -0.1) is 0 Å². The van der Waals surface area contributed by atoms with Crippen molar-refractivity contribution in [1.82, 2.24) is 10.2 Å². The third-order valence-corrected chi connectivity index (χ3v) is 3.64. The third-order valence-electron chi connectivity index (χ3n) is 3.64. The van der Waals surface area contributed by atoms with Gasteiger partial charge in [0.25, 0.3) is 0 Å². The molecule has 0 aromatic carbocycles. The average Bonchev–Trinajstić information content (AvgIpc) is 2.34. The van der Waals surface area contributed by atoms with Gasteiger partial charge in [-0.2, -0.15) is 0 Å². The first kappa shape index (κ1) is 14.9. The molecule has 2 unspecified atom stereocenters. The number of hydrogen-bond donors (Lipinski definition) is 1. The monoisotopic (exact) mass is 242 g/mol. The van der Waals surface area contributed by atoms with Crippen LogP contribution in [0.4, 0.5) is 0 Å². The van der Waals surface area contributed by atoms with Gasteiger partial charge in [-0.3, -0.25) is 4.90 Å². The van der Waals surface area contributed by atoms with Crippen LogP contribution in [0.2, 0.25) is 0 Å². The van der Waals surface area contributed by atoms with E-state index in [2.05, 4.69) is 37.9 Å². The predicted molar refractivity (Wildman–Crippen MR) is 73.4 cm³/mol. The number of hydrogen-bond acceptors (Lipinski definition) is 3. The molecule has 1 aliphatic rings. The molecule has 102 valence electrons. The Morgan fingerprint density at radius 2 is 2.12 bits per heavy atom. The summed E-state index contributed by atoms with van der Waals surface area (Å²) in [5.74, 6) is 0.704. The molecule has 0 spiro atoms. The Balaban J connectivity index is 2.44. The zero-order chi connectivity index (χ0) is 12.7. The Kier molecular flexibility index (Phi) is 7.09. The second-order valence-electron chi connectivity index (χ2n) is 5.41. The minimum absolute atomic E-state index is 0.441. The Morgan fingerprint density at radius 1 is 1.35 bits per heavy atom. The highest BCUT2D eigenvalue weighted by Gasteiger charge is 2.27. The molecule has 0 amide bonds. The van der Waals surface area contributed by atoms with Crippen LogP contribution in [-0.2, 0) is 4.74 Å². The SMILES string of the molecule is CCCNCC(C(C)C)N1CCOC(CC)C1. The maximum atomic E-state index is 5.75. The fourth-order valence-corrected chi connectivity index (χ4v) is 2.50. The topological polar surface area (TPSA) is 24.5 Å². The molecular formula is C14H30N2O. The molecule has 0 aliphatic carbocycles. The van der Waals surface area contributed by atoms with Gasteiger partial charge < -0.3 is 10.1 Å². The lowest BCUT2D eigenvalue weighted by Gasteiger charge is -2.40. The van der Waals surface area contributed by atoms with E-state index < -0.39 is 0 Å². The van der Waals surface area contributed by atoms with Crippen molar-refractivity contribution in [2.75, 3.05) is 32.8 Å². The molecule has 0 aromatic heterocycles. The molecule has 0 aromatic rings. The molecule has 3 nitrogen and oxygen atoms in total. The predicted octanol–water partition coefficient (Wildman–Crippen LogP) is 2.12. The minimum Gasteiger partial charge on any atom is -0.376 e. The van der Waals surface area contributed by atoms with Gasteiger partial charge in [0.15, 0.2) is 0 Å². The number of rotatable bonds is 7. The largest absolute Gasteiger partial charge is 0.376 e. The summed E-state index contributed by atoms with van der Waals surface area (Å²) in [4.78, 5) is 2.62. The standard InChI is InChI=1S/C14H30N2O/c1-5-7-15-10-14(12(3)4)16-8-9-17-13(6-2)11-16/h12-15H,5-11H2,1-4H3. The Morgan fingerprint density at radius 3 is 2.71 bits per heavy atom. The van der Waals surface area contributed by atoms with E-state index in [1.54, 1.807) is 0 Å². The molecular weight excluding hydrogens is 212 g/mol. The van der Waals surface area contributed by atoms with Gasteiger partial charge in [-0.1, -0.05) is 27.7 Å². The molecule has 0 radical (unpaired) electrons. The fourth-order valence-electron chi connectivity index (χ4n) is 2.50. The van der Waals surface area contributed by atoms with Crippen LogP contribution in [0.15, 0.2) is 0 Å². The second-order valence-corrected chi connectivity index (χ2v) is 5.41. The summed E-state index contributed by atoms with van der Waals surface area (Å²) in [6.45, 7) is 14.4. The summed E-state index contributed by atoms with van der Waals surface area (Å²) in [5, 5.41) is 3.56. The third kappa shape index (κ3) is 4.94. The van der Waals surface area contributed by atoms with Crippen LogP contribution in [-0.4, -0.2) is 49.8 Å². The number of nitrogens with one attached hydrogen (secondary N) is 1. The first-order chi connectivity index (χ1) is 8.19. The van der Waals surface area contributed by atoms with Crippen LogP contribution in [0.5, 0.6) is 0 Å². The maximum Gasteiger partial charge on any atom is 0.0700 e. The van der Waals surface area contributed by atoms with E-state index in [9.17, 15) is 0 Å². The average molecular weight is 242 g/mol. The van der Waals surface area contributed by atoms with Crippen molar-refractivity contribution in [2.45, 2.75) is 52.7 Å². The molecule has 3 heteroatoms. The molecule has 0 bridgehead atoms. The minimum atomic E-state index is 0.441. The lowest BCUT2D eigenvalue weighted by Crippen LogP contribution is -2.52. The highest BCUT2D eigenvalue weighted by molar-refractivity contribution is 4.81. The van der Waals surface area contributed by atoms with E-state index >= 15 is 0 Å². The Labute approximate surface area is 107 Å². The summed E-state index contributed by atoms with van der Waals surface area (Å²) in [5.41, 5.74) is 0. The zero-order valence-electron chi connectivity index (χ0n) is 12.0. The zero-order valence-corrected chi connectivity index (χ0v) is 12.0. The molecule has 1 fully saturated rings. The van der Waals surface area contributed by atoms with Crippen molar-refractivity contribution in [1.29, 1.82) is 0 Å². The lowest BCUT2D eigenvalue weighted by atomic mass is 10.0. The smallest absolute Gasteiger partial charge is 0.0700 e. The van der Waals surface area contributed by atoms with Gasteiger partial charge in [-0.05, 0) is 25.3 Å². The van der Waals surface area contributed by atoms with E-state index in [0.29, 0.717) is 18.1 Å². The van der Waals surface area contributed by atoms with Crippen LogP contribution in [0.1, 0.15) is 40.5 Å². The van der Waals surface area contributed by atoms with E-state index in [4.69, 9.17) is 4.74 Å². The van der Waals surface area contributed by atoms with Crippen LogP contribution in [0.25, 0.3) is 0 Å². The van der Waals surface area contributed by atoms with Crippen LogP contribution in [0, 0.1) is 5.92 Å². The maximum absolute atomic E-state index is 5.75. The molecule has 1 heterocycles. The fraction of sp³-hybridized carbons (Fsp3) is 1.00. The Bertz CT molecular complexity index is 197. The molecule has 1 aliphatic heterocycles. The summed E-state index contributed by atoms with van der Waals surface area (Å²) >= 11 is 0. The first-order valence-electron chi connectivity index (χ1n) is 7.25. The van der Waals surface area contributed by atoms with Crippen LogP contribution < -0.4 is 5.32 Å². The highest BCUT2D eigenvalue weighted by Crippen LogP contribution is 2.16. The summed E-state index contributed by atoms with van der Waals surface area (Å²) in [7, 11) is 0. The summed E-state index contributed by atoms with van der Waals surface area (Å²) in [6, 6.07) is 0.652. The van der Waals surface area contributed by atoms with Crippen molar-refractivity contribution in [2.24, 2.45) is 5.92 Å². The number of ether oxygens (including phenoxy) is 1. The van der Waals surface area contributed by atoms with Gasteiger partial charge >= 0.3 is 0 Å². The number of nitrogens with zero attached hydrogens (tertiary/aromatic N) is 1. The van der Waals surface area contributed by atoms with Gasteiger partial charge in [0.05, 0.1) is 12.7 Å². The van der Waals surface area contributed by atoms with E-state index in [-0.39, 0.29) is 0 Å². The quantitative estimate of drug-likeness (QED) is 0.692. The lowest BCUT2D eigenvalue weighted by molar-refractivity contribution is -0.0504. The first-order valence-corrected chi connectivity index (χ1v) is 7.25. The van der Waals surface area contributed by atoms with Crippen molar-refractivity contribution in [3.05, 3.63) is 0 Å². The second kappa shape index (κ2) is 8.06. The normalized spacial score (nSPS) is 24.2. The van der Waals surface area contributed by atoms with E-state index in [1.807, 2.05) is 0 Å². The van der Waals surface area contributed by atoms with Gasteiger partial charge in [0, 0.05) is 25.7 Å². The van der Waals surface area contributed by atoms with Crippen LogP contribution in [0.3, 0.4) is 0 Å². The Hall–Kier alpha value is -0.120. The molecule has 1 N–H and O–H groups in total. The van der Waals surface area contributed by atoms with E-state index in [1.165, 1.54) is 6.42 Å². The van der Waals surface area contributed by atoms with Crippen molar-refractivity contribution in [3.8, 4) is 0 Å². The highest BCUT2D eigenvalue weighted by atomic mass is 16.5. The van der Waals surface area contributed by atoms with Crippen molar-refractivity contribution < 1.29 is 4.74 Å². The molecule has 17 heavy (non-hydrogen) atoms. The molecule has 1 saturated heterocycles. The molecule has 0 saturated carbocycles. The van der Waals surface area contributed by atoms with Crippen molar-refractivity contribution >= 4 is 0 Å².